The van der Waals surface area contributed by atoms with Gasteiger partial charge in [0.25, 0.3) is 0 Å². The Morgan fingerprint density at radius 3 is 2.90 bits per heavy atom. The minimum atomic E-state index is 0.672. The summed E-state index contributed by atoms with van der Waals surface area (Å²) in [7, 11) is 0. The molecule has 2 aliphatic heterocycles. The van der Waals surface area contributed by atoms with Crippen molar-refractivity contribution in [1.82, 2.24) is 14.9 Å². The zero-order chi connectivity index (χ0) is 13.8. The molecule has 1 aromatic rings. The fraction of sp³-hybridized carbons (Fsp3) is 0.733. The molecular formula is C15H24N4O. The van der Waals surface area contributed by atoms with Gasteiger partial charge in [-0.25, -0.2) is 9.97 Å². The Bertz CT molecular complexity index is 434. The van der Waals surface area contributed by atoms with Crippen molar-refractivity contribution in [3.63, 3.8) is 0 Å². The van der Waals surface area contributed by atoms with Gasteiger partial charge in [-0.1, -0.05) is 6.42 Å². The molecule has 0 aliphatic carbocycles. The predicted molar refractivity (Wildman–Crippen MR) is 78.8 cm³/mol. The first-order valence-corrected chi connectivity index (χ1v) is 7.71. The van der Waals surface area contributed by atoms with Crippen LogP contribution in [0, 0.1) is 0 Å². The third kappa shape index (κ3) is 3.27. The highest BCUT2D eigenvalue weighted by Crippen LogP contribution is 2.19. The number of ether oxygens (including phenoxy) is 1. The van der Waals surface area contributed by atoms with Crippen LogP contribution in [0.2, 0.25) is 0 Å². The molecule has 20 heavy (non-hydrogen) atoms. The number of aromatic nitrogens is 2. The summed E-state index contributed by atoms with van der Waals surface area (Å²) >= 11 is 0. The molecule has 0 amide bonds. The van der Waals surface area contributed by atoms with Gasteiger partial charge in [0.15, 0.2) is 0 Å². The SMILES string of the molecule is CC1CCCCN1Cc1ccnc(N2CCOCC2)n1. The van der Waals surface area contributed by atoms with Crippen molar-refractivity contribution in [3.05, 3.63) is 18.0 Å². The molecule has 1 aromatic heterocycles. The second-order valence-corrected chi connectivity index (χ2v) is 5.76. The molecule has 2 saturated heterocycles. The van der Waals surface area contributed by atoms with Crippen molar-refractivity contribution in [3.8, 4) is 0 Å². The van der Waals surface area contributed by atoms with E-state index in [0.717, 1.165) is 44.5 Å². The summed E-state index contributed by atoms with van der Waals surface area (Å²) in [6, 6.07) is 2.72. The molecule has 3 rings (SSSR count). The van der Waals surface area contributed by atoms with Crippen LogP contribution in [0.25, 0.3) is 0 Å². The van der Waals surface area contributed by atoms with E-state index in [2.05, 4.69) is 21.7 Å². The van der Waals surface area contributed by atoms with E-state index in [-0.39, 0.29) is 0 Å². The van der Waals surface area contributed by atoms with Crippen LogP contribution in [0.1, 0.15) is 31.9 Å². The number of piperidine rings is 1. The minimum Gasteiger partial charge on any atom is -0.378 e. The standard InChI is InChI=1S/C15H24N4O/c1-13-4-2-3-7-19(13)12-14-5-6-16-15(17-14)18-8-10-20-11-9-18/h5-6,13H,2-4,7-12H2,1H3. The van der Waals surface area contributed by atoms with Crippen LogP contribution in [0.4, 0.5) is 5.95 Å². The summed E-state index contributed by atoms with van der Waals surface area (Å²) in [5.74, 6) is 0.857. The van der Waals surface area contributed by atoms with Crippen LogP contribution in [0.3, 0.4) is 0 Å². The van der Waals surface area contributed by atoms with E-state index in [1.165, 1.54) is 25.8 Å². The molecule has 0 radical (unpaired) electrons. The van der Waals surface area contributed by atoms with Gasteiger partial charge in [0.1, 0.15) is 0 Å². The Morgan fingerprint density at radius 1 is 1.25 bits per heavy atom. The number of morpholine rings is 1. The molecule has 0 saturated carbocycles. The first-order valence-electron chi connectivity index (χ1n) is 7.71. The molecule has 1 unspecified atom stereocenters. The van der Waals surface area contributed by atoms with Crippen LogP contribution in [0.5, 0.6) is 0 Å². The number of hydrogen-bond donors (Lipinski definition) is 0. The molecule has 0 spiro atoms. The zero-order valence-electron chi connectivity index (χ0n) is 12.3. The zero-order valence-corrected chi connectivity index (χ0v) is 12.3. The second kappa shape index (κ2) is 6.50. The summed E-state index contributed by atoms with van der Waals surface area (Å²) in [6.45, 7) is 7.79. The Morgan fingerprint density at radius 2 is 2.10 bits per heavy atom. The Balaban J connectivity index is 1.67. The average molecular weight is 276 g/mol. The highest BCUT2D eigenvalue weighted by molar-refractivity contribution is 5.30. The third-order valence-electron chi connectivity index (χ3n) is 4.30. The molecular weight excluding hydrogens is 252 g/mol. The predicted octanol–water partition coefficient (Wildman–Crippen LogP) is 1.69. The van der Waals surface area contributed by atoms with Gasteiger partial charge in [0.05, 0.1) is 18.9 Å². The molecule has 0 aromatic carbocycles. The van der Waals surface area contributed by atoms with E-state index in [1.807, 2.05) is 12.3 Å². The lowest BCUT2D eigenvalue weighted by Crippen LogP contribution is -2.38. The van der Waals surface area contributed by atoms with Gasteiger partial charge in [-0.05, 0) is 32.4 Å². The normalized spacial score (nSPS) is 24.9. The van der Waals surface area contributed by atoms with Crippen molar-refractivity contribution >= 4 is 5.95 Å². The van der Waals surface area contributed by atoms with E-state index < -0.39 is 0 Å². The van der Waals surface area contributed by atoms with E-state index in [4.69, 9.17) is 9.72 Å². The van der Waals surface area contributed by atoms with Gasteiger partial charge >= 0.3 is 0 Å². The quantitative estimate of drug-likeness (QED) is 0.840. The smallest absolute Gasteiger partial charge is 0.225 e. The summed E-state index contributed by atoms with van der Waals surface area (Å²) < 4.78 is 5.38. The first kappa shape index (κ1) is 13.8. The van der Waals surface area contributed by atoms with E-state index in [0.29, 0.717) is 6.04 Å². The largest absolute Gasteiger partial charge is 0.378 e. The Hall–Kier alpha value is -1.20. The maximum Gasteiger partial charge on any atom is 0.225 e. The molecule has 0 N–H and O–H groups in total. The number of likely N-dealkylation sites (tertiary alicyclic amines) is 1. The van der Waals surface area contributed by atoms with Gasteiger partial charge in [-0.2, -0.15) is 0 Å². The molecule has 0 bridgehead atoms. The summed E-state index contributed by atoms with van der Waals surface area (Å²) in [4.78, 5) is 13.9. The van der Waals surface area contributed by atoms with E-state index in [9.17, 15) is 0 Å². The van der Waals surface area contributed by atoms with Crippen molar-refractivity contribution < 1.29 is 4.74 Å². The molecule has 5 nitrogen and oxygen atoms in total. The van der Waals surface area contributed by atoms with Gasteiger partial charge in [0.2, 0.25) is 5.95 Å². The van der Waals surface area contributed by atoms with Crippen LogP contribution in [-0.4, -0.2) is 53.8 Å². The van der Waals surface area contributed by atoms with Crippen LogP contribution >= 0.6 is 0 Å². The van der Waals surface area contributed by atoms with Crippen LogP contribution in [-0.2, 0) is 11.3 Å². The Labute approximate surface area is 121 Å². The molecule has 5 heteroatoms. The van der Waals surface area contributed by atoms with Crippen LogP contribution < -0.4 is 4.90 Å². The van der Waals surface area contributed by atoms with Gasteiger partial charge in [-0.15, -0.1) is 0 Å². The number of hydrogen-bond acceptors (Lipinski definition) is 5. The maximum atomic E-state index is 5.38. The number of nitrogens with zero attached hydrogens (tertiary/aromatic N) is 4. The lowest BCUT2D eigenvalue weighted by molar-refractivity contribution is 0.122. The number of anilines is 1. The van der Waals surface area contributed by atoms with Gasteiger partial charge in [-0.3, -0.25) is 4.90 Å². The fourth-order valence-electron chi connectivity index (χ4n) is 2.99. The Kier molecular flexibility index (Phi) is 4.47. The number of rotatable bonds is 3. The molecule has 2 fully saturated rings. The molecule has 110 valence electrons. The molecule has 2 aliphatic rings. The van der Waals surface area contributed by atoms with Crippen molar-refractivity contribution in [2.45, 2.75) is 38.8 Å². The van der Waals surface area contributed by atoms with Gasteiger partial charge < -0.3 is 9.64 Å². The van der Waals surface area contributed by atoms with Crippen LogP contribution in [0.15, 0.2) is 12.3 Å². The fourth-order valence-corrected chi connectivity index (χ4v) is 2.99. The lowest BCUT2D eigenvalue weighted by Gasteiger charge is -2.33. The average Bonchev–Trinajstić information content (AvgIpc) is 2.51. The minimum absolute atomic E-state index is 0.672. The molecule has 3 heterocycles. The second-order valence-electron chi connectivity index (χ2n) is 5.76. The monoisotopic (exact) mass is 276 g/mol. The van der Waals surface area contributed by atoms with Crippen molar-refractivity contribution in [2.24, 2.45) is 0 Å². The summed E-state index contributed by atoms with van der Waals surface area (Å²) in [5.41, 5.74) is 1.13. The highest BCUT2D eigenvalue weighted by Gasteiger charge is 2.19. The third-order valence-corrected chi connectivity index (χ3v) is 4.30. The first-order chi connectivity index (χ1) is 9.83. The van der Waals surface area contributed by atoms with E-state index in [1.54, 1.807) is 0 Å². The van der Waals surface area contributed by atoms with Crippen molar-refractivity contribution in [2.75, 3.05) is 37.7 Å². The highest BCUT2D eigenvalue weighted by atomic mass is 16.5. The summed E-state index contributed by atoms with van der Waals surface area (Å²) in [5, 5.41) is 0. The summed E-state index contributed by atoms with van der Waals surface area (Å²) in [6.07, 6.45) is 5.87. The van der Waals surface area contributed by atoms with E-state index >= 15 is 0 Å². The van der Waals surface area contributed by atoms with Crippen molar-refractivity contribution in [1.29, 1.82) is 0 Å². The topological polar surface area (TPSA) is 41.5 Å². The maximum absolute atomic E-state index is 5.38. The van der Waals surface area contributed by atoms with Gasteiger partial charge in [0, 0.05) is 31.9 Å². The molecule has 1 atom stereocenters. The lowest BCUT2D eigenvalue weighted by atomic mass is 10.0.